The summed E-state index contributed by atoms with van der Waals surface area (Å²) < 4.78 is 4.88. The van der Waals surface area contributed by atoms with Gasteiger partial charge in [0.1, 0.15) is 0 Å². The number of hydrogen-bond acceptors (Lipinski definition) is 4. The first-order chi connectivity index (χ1) is 10.3. The summed E-state index contributed by atoms with van der Waals surface area (Å²) in [6, 6.07) is -0.656. The molecule has 5 heteroatoms. The molecule has 0 bridgehead atoms. The third kappa shape index (κ3) is 9.74. The topological polar surface area (TPSA) is 69.4 Å². The zero-order valence-electron chi connectivity index (χ0n) is 14.8. The van der Waals surface area contributed by atoms with Crippen molar-refractivity contribution in [1.82, 2.24) is 0 Å². The first kappa shape index (κ1) is 20.9. The van der Waals surface area contributed by atoms with Crippen LogP contribution in [0.25, 0.3) is 0 Å². The fourth-order valence-electron chi connectivity index (χ4n) is 2.69. The monoisotopic (exact) mass is 315 g/mol. The van der Waals surface area contributed by atoms with Gasteiger partial charge in [-0.1, -0.05) is 47.0 Å². The molecule has 0 rings (SSSR count). The Morgan fingerprint density at radius 2 is 1.73 bits per heavy atom. The second kappa shape index (κ2) is 11.4. The van der Waals surface area contributed by atoms with Gasteiger partial charge in [-0.15, -0.1) is 0 Å². The molecule has 0 aromatic carbocycles. The standard InChI is InChI=1S/C17H33NO4/c1-6-22-17(19)12-15(5)16(18(20)21)11-10-14(4)9-7-8-13(2)3/h13-16H,6-12H2,1-5H3. The highest BCUT2D eigenvalue weighted by Gasteiger charge is 2.30. The number of esters is 1. The van der Waals surface area contributed by atoms with E-state index in [1.165, 1.54) is 12.8 Å². The van der Waals surface area contributed by atoms with Crippen LogP contribution in [0.2, 0.25) is 0 Å². The third-order valence-corrected chi connectivity index (χ3v) is 4.16. The fraction of sp³-hybridized carbons (Fsp3) is 0.941. The third-order valence-electron chi connectivity index (χ3n) is 4.16. The summed E-state index contributed by atoms with van der Waals surface area (Å²) in [7, 11) is 0. The molecule has 0 spiro atoms. The molecule has 0 N–H and O–H groups in total. The van der Waals surface area contributed by atoms with Crippen LogP contribution in [0.4, 0.5) is 0 Å². The second-order valence-corrected chi connectivity index (χ2v) is 6.85. The zero-order chi connectivity index (χ0) is 17.1. The van der Waals surface area contributed by atoms with Crippen LogP contribution in [0.1, 0.15) is 73.1 Å². The Hall–Kier alpha value is -1.13. The maximum Gasteiger partial charge on any atom is 0.306 e. The number of nitro groups is 1. The Bertz CT molecular complexity index is 331. The van der Waals surface area contributed by atoms with Gasteiger partial charge >= 0.3 is 5.97 Å². The van der Waals surface area contributed by atoms with E-state index in [0.29, 0.717) is 24.9 Å². The van der Waals surface area contributed by atoms with Crippen LogP contribution in [0.3, 0.4) is 0 Å². The van der Waals surface area contributed by atoms with Gasteiger partial charge in [-0.05, 0) is 25.2 Å². The highest BCUT2D eigenvalue weighted by molar-refractivity contribution is 5.69. The molecule has 0 aliphatic rings. The van der Waals surface area contributed by atoms with Crippen molar-refractivity contribution in [3.8, 4) is 0 Å². The van der Waals surface area contributed by atoms with E-state index in [0.717, 1.165) is 12.8 Å². The van der Waals surface area contributed by atoms with E-state index in [-0.39, 0.29) is 23.2 Å². The number of hydrogen-bond donors (Lipinski definition) is 0. The molecule has 3 unspecified atom stereocenters. The van der Waals surface area contributed by atoms with Gasteiger partial charge in [0.25, 0.3) is 0 Å². The van der Waals surface area contributed by atoms with Crippen LogP contribution in [0.15, 0.2) is 0 Å². The van der Waals surface area contributed by atoms with E-state index in [4.69, 9.17) is 4.74 Å². The van der Waals surface area contributed by atoms with Gasteiger partial charge in [0.05, 0.1) is 13.0 Å². The van der Waals surface area contributed by atoms with Crippen molar-refractivity contribution in [2.75, 3.05) is 6.61 Å². The van der Waals surface area contributed by atoms with Crippen molar-refractivity contribution in [3.63, 3.8) is 0 Å². The molecule has 0 fully saturated rings. The molecule has 22 heavy (non-hydrogen) atoms. The Kier molecular flexibility index (Phi) is 10.9. The molecule has 3 atom stereocenters. The average Bonchev–Trinajstić information content (AvgIpc) is 2.37. The van der Waals surface area contributed by atoms with Crippen molar-refractivity contribution in [2.45, 2.75) is 79.2 Å². The molecule has 0 aliphatic heterocycles. The molecule has 0 saturated heterocycles. The molecule has 130 valence electrons. The SMILES string of the molecule is CCOC(=O)CC(C)C(CCC(C)CCCC(C)C)[N+](=O)[O-]. The lowest BCUT2D eigenvalue weighted by molar-refractivity contribution is -0.532. The normalized spacial score (nSPS) is 15.4. The lowest BCUT2D eigenvalue weighted by Crippen LogP contribution is -2.30. The highest BCUT2D eigenvalue weighted by atomic mass is 16.6. The Balaban J connectivity index is 4.23. The molecule has 5 nitrogen and oxygen atoms in total. The Labute approximate surface area is 135 Å². The van der Waals surface area contributed by atoms with Crippen molar-refractivity contribution in [2.24, 2.45) is 17.8 Å². The average molecular weight is 315 g/mol. The van der Waals surface area contributed by atoms with Crippen LogP contribution in [0, 0.1) is 27.9 Å². The quantitative estimate of drug-likeness (QED) is 0.303. The van der Waals surface area contributed by atoms with E-state index in [1.807, 2.05) is 0 Å². The maximum absolute atomic E-state index is 11.5. The van der Waals surface area contributed by atoms with Crippen LogP contribution in [-0.2, 0) is 9.53 Å². The molecular weight excluding hydrogens is 282 g/mol. The molecule has 0 aromatic rings. The molecule has 0 amide bonds. The minimum absolute atomic E-state index is 0.126. The van der Waals surface area contributed by atoms with E-state index >= 15 is 0 Å². The van der Waals surface area contributed by atoms with E-state index in [2.05, 4.69) is 20.8 Å². The summed E-state index contributed by atoms with van der Waals surface area (Å²) in [5.74, 6) is 0.586. The number of carbonyl (C=O) groups excluding carboxylic acids is 1. The smallest absolute Gasteiger partial charge is 0.306 e. The number of nitrogens with zero attached hydrogens (tertiary/aromatic N) is 1. The first-order valence-electron chi connectivity index (χ1n) is 8.56. The predicted octanol–water partition coefficient (Wildman–Crippen LogP) is 4.46. The molecule has 0 radical (unpaired) electrons. The van der Waals surface area contributed by atoms with Crippen LogP contribution in [-0.4, -0.2) is 23.5 Å². The minimum atomic E-state index is -0.656. The summed E-state index contributed by atoms with van der Waals surface area (Å²) in [6.07, 6.45) is 5.02. The Morgan fingerprint density at radius 3 is 2.23 bits per heavy atom. The van der Waals surface area contributed by atoms with Crippen LogP contribution in [0.5, 0.6) is 0 Å². The molecule has 0 heterocycles. The lowest BCUT2D eigenvalue weighted by atomic mass is 9.89. The molecular formula is C17H33NO4. The van der Waals surface area contributed by atoms with Gasteiger partial charge in [-0.3, -0.25) is 14.9 Å². The number of ether oxygens (including phenoxy) is 1. The van der Waals surface area contributed by atoms with Crippen molar-refractivity contribution in [1.29, 1.82) is 0 Å². The van der Waals surface area contributed by atoms with Gasteiger partial charge in [0.2, 0.25) is 6.04 Å². The van der Waals surface area contributed by atoms with Gasteiger partial charge in [0, 0.05) is 17.3 Å². The first-order valence-corrected chi connectivity index (χ1v) is 8.56. The Morgan fingerprint density at radius 1 is 1.09 bits per heavy atom. The lowest BCUT2D eigenvalue weighted by Gasteiger charge is -2.18. The number of carbonyl (C=O) groups is 1. The minimum Gasteiger partial charge on any atom is -0.466 e. The van der Waals surface area contributed by atoms with Gasteiger partial charge < -0.3 is 4.74 Å². The molecule has 0 aromatic heterocycles. The largest absolute Gasteiger partial charge is 0.466 e. The van der Waals surface area contributed by atoms with Crippen LogP contribution < -0.4 is 0 Å². The molecule has 0 saturated carbocycles. The summed E-state index contributed by atoms with van der Waals surface area (Å²) in [4.78, 5) is 22.5. The van der Waals surface area contributed by atoms with E-state index < -0.39 is 6.04 Å². The number of rotatable bonds is 12. The van der Waals surface area contributed by atoms with E-state index in [9.17, 15) is 14.9 Å². The maximum atomic E-state index is 11.5. The zero-order valence-corrected chi connectivity index (χ0v) is 14.8. The second-order valence-electron chi connectivity index (χ2n) is 6.85. The highest BCUT2D eigenvalue weighted by Crippen LogP contribution is 2.22. The van der Waals surface area contributed by atoms with Gasteiger partial charge in [0.15, 0.2) is 0 Å². The summed E-state index contributed by atoms with van der Waals surface area (Å²) >= 11 is 0. The van der Waals surface area contributed by atoms with Crippen molar-refractivity contribution < 1.29 is 14.5 Å². The molecule has 0 aliphatic carbocycles. The summed E-state index contributed by atoms with van der Waals surface area (Å²) in [6.45, 7) is 10.4. The van der Waals surface area contributed by atoms with Crippen LogP contribution >= 0.6 is 0 Å². The van der Waals surface area contributed by atoms with Crippen molar-refractivity contribution in [3.05, 3.63) is 10.1 Å². The summed E-state index contributed by atoms with van der Waals surface area (Å²) in [5.41, 5.74) is 0. The van der Waals surface area contributed by atoms with Gasteiger partial charge in [-0.25, -0.2) is 0 Å². The predicted molar refractivity (Wildman–Crippen MR) is 88.3 cm³/mol. The van der Waals surface area contributed by atoms with E-state index in [1.54, 1.807) is 13.8 Å². The summed E-state index contributed by atoms with van der Waals surface area (Å²) in [5, 5.41) is 11.2. The van der Waals surface area contributed by atoms with Crippen molar-refractivity contribution >= 4 is 5.97 Å². The fourth-order valence-corrected chi connectivity index (χ4v) is 2.69. The van der Waals surface area contributed by atoms with Gasteiger partial charge in [-0.2, -0.15) is 0 Å².